The van der Waals surface area contributed by atoms with Gasteiger partial charge in [-0.3, -0.25) is 4.79 Å². The van der Waals surface area contributed by atoms with E-state index in [0.717, 1.165) is 13.1 Å². The maximum Gasteiger partial charge on any atom is 0.288 e. The van der Waals surface area contributed by atoms with Gasteiger partial charge in [-0.25, -0.2) is 8.78 Å². The molecule has 2 aliphatic rings. The molecule has 2 rings (SSSR count). The number of thiocarbonyl (C=S) groups is 1. The fraction of sp³-hybridized carbons (Fsp3) is 0.867. The smallest absolute Gasteiger partial charge is 0.288 e. The van der Waals surface area contributed by atoms with Crippen molar-refractivity contribution in [2.24, 2.45) is 22.7 Å². The van der Waals surface area contributed by atoms with E-state index in [9.17, 15) is 13.6 Å². The number of rotatable bonds is 3. The number of fused-ring (bicyclic) bond motifs is 1. The van der Waals surface area contributed by atoms with Gasteiger partial charge in [-0.05, 0) is 22.7 Å². The molecule has 0 aromatic heterocycles. The number of nitrogens with one attached hydrogen (secondary N) is 1. The number of halogens is 2. The molecule has 6 heteroatoms. The normalized spacial score (nSPS) is 28.3. The predicted octanol–water partition coefficient (Wildman–Crippen LogP) is 2.70. The van der Waals surface area contributed by atoms with Gasteiger partial charge in [0, 0.05) is 13.1 Å². The minimum absolute atomic E-state index is 0.117. The van der Waals surface area contributed by atoms with Crippen molar-refractivity contribution in [3.63, 3.8) is 0 Å². The first-order valence-electron chi connectivity index (χ1n) is 7.33. The molecule has 3 unspecified atom stereocenters. The Hall–Kier alpha value is -0.780. The highest BCUT2D eigenvalue weighted by Gasteiger charge is 2.63. The summed E-state index contributed by atoms with van der Waals surface area (Å²) in [5, 5.41) is 2.57. The molecule has 1 heterocycles. The van der Waals surface area contributed by atoms with Crippen molar-refractivity contribution >= 4 is 23.1 Å². The van der Waals surface area contributed by atoms with Crippen molar-refractivity contribution < 1.29 is 13.6 Å². The fourth-order valence-corrected chi connectivity index (χ4v) is 3.47. The van der Waals surface area contributed by atoms with E-state index in [-0.39, 0.29) is 5.91 Å². The van der Waals surface area contributed by atoms with E-state index in [0.29, 0.717) is 17.3 Å². The quantitative estimate of drug-likeness (QED) is 0.812. The van der Waals surface area contributed by atoms with Crippen LogP contribution in [-0.2, 0) is 4.79 Å². The molecule has 120 valence electrons. The van der Waals surface area contributed by atoms with Crippen LogP contribution in [0.4, 0.5) is 8.78 Å². The third-order valence-corrected chi connectivity index (χ3v) is 5.33. The van der Waals surface area contributed by atoms with Crippen LogP contribution in [0.1, 0.15) is 34.6 Å². The number of likely N-dealkylation sites (tertiary alicyclic amines) is 1. The summed E-state index contributed by atoms with van der Waals surface area (Å²) in [7, 11) is 0. The summed E-state index contributed by atoms with van der Waals surface area (Å²) in [6, 6.07) is -0.709. The Morgan fingerprint density at radius 3 is 2.14 bits per heavy atom. The lowest BCUT2D eigenvalue weighted by Gasteiger charge is -2.35. The Balaban J connectivity index is 2.05. The molecule has 3 atom stereocenters. The number of alkyl halides is 2. The first-order valence-corrected chi connectivity index (χ1v) is 7.74. The number of hydrogen-bond donors (Lipinski definition) is 1. The number of hydrogen-bond acceptors (Lipinski definition) is 2. The van der Waals surface area contributed by atoms with E-state index in [4.69, 9.17) is 0 Å². The average molecular weight is 318 g/mol. The Morgan fingerprint density at radius 1 is 1.29 bits per heavy atom. The molecule has 0 aromatic rings. The molecular weight excluding hydrogens is 294 g/mol. The van der Waals surface area contributed by atoms with E-state index in [1.807, 2.05) is 20.8 Å². The zero-order valence-corrected chi connectivity index (χ0v) is 14.1. The van der Waals surface area contributed by atoms with Gasteiger partial charge in [-0.15, -0.1) is 0 Å². The molecule has 21 heavy (non-hydrogen) atoms. The highest BCUT2D eigenvalue weighted by atomic mass is 32.1. The van der Waals surface area contributed by atoms with Crippen LogP contribution in [0.25, 0.3) is 0 Å². The zero-order chi connectivity index (χ0) is 16.2. The summed E-state index contributed by atoms with van der Waals surface area (Å²) < 4.78 is 25.3. The Kier molecular flexibility index (Phi) is 4.06. The topological polar surface area (TPSA) is 32.3 Å². The highest BCUT2D eigenvalue weighted by Crippen LogP contribution is 2.62. The maximum absolute atomic E-state index is 12.7. The van der Waals surface area contributed by atoms with Gasteiger partial charge in [0.15, 0.2) is 0 Å². The molecule has 0 bridgehead atoms. The Morgan fingerprint density at radius 2 is 1.76 bits per heavy atom. The average Bonchev–Trinajstić information content (AvgIpc) is 2.75. The van der Waals surface area contributed by atoms with Crippen LogP contribution in [0.3, 0.4) is 0 Å². The zero-order valence-electron chi connectivity index (χ0n) is 13.2. The first kappa shape index (κ1) is 16.6. The van der Waals surface area contributed by atoms with Gasteiger partial charge in [0.1, 0.15) is 11.0 Å². The van der Waals surface area contributed by atoms with Crippen LogP contribution in [0.15, 0.2) is 0 Å². The number of piperidine rings is 1. The molecule has 1 saturated heterocycles. The Bertz CT molecular complexity index is 445. The van der Waals surface area contributed by atoms with E-state index in [2.05, 4.69) is 31.4 Å². The van der Waals surface area contributed by atoms with Crippen LogP contribution in [0.5, 0.6) is 0 Å². The second-order valence-electron chi connectivity index (χ2n) is 7.89. The van der Waals surface area contributed by atoms with Crippen molar-refractivity contribution in [3.8, 4) is 0 Å². The fourth-order valence-electron chi connectivity index (χ4n) is 3.35. The van der Waals surface area contributed by atoms with Crippen LogP contribution in [0.2, 0.25) is 0 Å². The molecule has 0 spiro atoms. The number of amides is 1. The lowest BCUT2D eigenvalue weighted by atomic mass is 9.85. The summed E-state index contributed by atoms with van der Waals surface area (Å²) >= 11 is 4.65. The van der Waals surface area contributed by atoms with Gasteiger partial charge in [0.25, 0.3) is 6.43 Å². The summed E-state index contributed by atoms with van der Waals surface area (Å²) in [4.78, 5) is 13.9. The third-order valence-electron chi connectivity index (χ3n) is 5.03. The first-order chi connectivity index (χ1) is 9.46. The number of carbonyl (C=O) groups is 1. The third kappa shape index (κ3) is 3.05. The van der Waals surface area contributed by atoms with Crippen molar-refractivity contribution in [2.45, 2.75) is 47.1 Å². The van der Waals surface area contributed by atoms with Crippen LogP contribution >= 0.6 is 12.2 Å². The SMILES string of the molecule is CC(C)(C)C(NC(=S)C(F)F)C(=O)N1CC2C(C1)C2(C)C. The van der Waals surface area contributed by atoms with E-state index >= 15 is 0 Å². The van der Waals surface area contributed by atoms with Gasteiger partial charge in [-0.1, -0.05) is 46.8 Å². The summed E-state index contributed by atoms with van der Waals surface area (Å²) in [6.07, 6.45) is -2.73. The van der Waals surface area contributed by atoms with Gasteiger partial charge >= 0.3 is 0 Å². The maximum atomic E-state index is 12.7. The lowest BCUT2D eigenvalue weighted by Crippen LogP contribution is -2.55. The standard InChI is InChI=1S/C15H24F2N2OS/c1-14(2,3)10(18-12(21)11(16)17)13(20)19-6-8-9(7-19)15(8,4)5/h8-11H,6-7H2,1-5H3,(H,18,21). The largest absolute Gasteiger partial charge is 0.363 e. The Labute approximate surface area is 130 Å². The van der Waals surface area contributed by atoms with Gasteiger partial charge < -0.3 is 10.2 Å². The van der Waals surface area contributed by atoms with Crippen molar-refractivity contribution in [1.29, 1.82) is 0 Å². The van der Waals surface area contributed by atoms with Gasteiger partial charge in [-0.2, -0.15) is 0 Å². The van der Waals surface area contributed by atoms with Crippen LogP contribution in [0, 0.1) is 22.7 Å². The van der Waals surface area contributed by atoms with Crippen molar-refractivity contribution in [2.75, 3.05) is 13.1 Å². The monoisotopic (exact) mass is 318 g/mol. The van der Waals surface area contributed by atoms with Crippen LogP contribution in [-0.4, -0.2) is 41.4 Å². The molecule has 0 aromatic carbocycles. The molecule has 1 saturated carbocycles. The van der Waals surface area contributed by atoms with Gasteiger partial charge in [0.2, 0.25) is 5.91 Å². The summed E-state index contributed by atoms with van der Waals surface area (Å²) in [6.45, 7) is 11.5. The minimum atomic E-state index is -2.73. The molecule has 1 amide bonds. The molecule has 1 N–H and O–H groups in total. The van der Waals surface area contributed by atoms with Crippen LogP contribution < -0.4 is 5.32 Å². The molecule has 1 aliphatic heterocycles. The second-order valence-corrected chi connectivity index (χ2v) is 8.33. The number of carbonyl (C=O) groups excluding carboxylic acids is 1. The highest BCUT2D eigenvalue weighted by molar-refractivity contribution is 7.80. The van der Waals surface area contributed by atoms with Gasteiger partial charge in [0.05, 0.1) is 0 Å². The van der Waals surface area contributed by atoms with E-state index in [1.54, 1.807) is 4.90 Å². The van der Waals surface area contributed by atoms with Crippen molar-refractivity contribution in [1.82, 2.24) is 10.2 Å². The lowest BCUT2D eigenvalue weighted by molar-refractivity contribution is -0.135. The second kappa shape index (κ2) is 5.14. The van der Waals surface area contributed by atoms with E-state index < -0.39 is 22.9 Å². The molecule has 0 radical (unpaired) electrons. The molecule has 3 nitrogen and oxygen atoms in total. The summed E-state index contributed by atoms with van der Waals surface area (Å²) in [5.74, 6) is 0.974. The van der Waals surface area contributed by atoms with Crippen molar-refractivity contribution in [3.05, 3.63) is 0 Å². The molecule has 1 aliphatic carbocycles. The number of nitrogens with zero attached hydrogens (tertiary/aromatic N) is 1. The molecular formula is C15H24F2N2OS. The molecule has 2 fully saturated rings. The summed E-state index contributed by atoms with van der Waals surface area (Å²) in [5.41, 5.74) is -0.155. The predicted molar refractivity (Wildman–Crippen MR) is 82.3 cm³/mol. The van der Waals surface area contributed by atoms with E-state index in [1.165, 1.54) is 0 Å². The minimum Gasteiger partial charge on any atom is -0.363 e.